The summed E-state index contributed by atoms with van der Waals surface area (Å²) in [6, 6.07) is 0.614. The fourth-order valence-corrected chi connectivity index (χ4v) is 2.62. The van der Waals surface area contributed by atoms with Gasteiger partial charge >= 0.3 is 0 Å². The third-order valence-electron chi connectivity index (χ3n) is 1.99. The molecule has 0 radical (unpaired) electrons. The van der Waals surface area contributed by atoms with Gasteiger partial charge < -0.3 is 10.3 Å². The average Bonchev–Trinajstić information content (AvgIpc) is 2.89. The van der Waals surface area contributed by atoms with E-state index in [-0.39, 0.29) is 0 Å². The Morgan fingerprint density at radius 1 is 1.54 bits per heavy atom. The summed E-state index contributed by atoms with van der Waals surface area (Å²) in [6.07, 6.45) is 4.53. The van der Waals surface area contributed by atoms with Crippen molar-refractivity contribution in [2.45, 2.75) is 30.6 Å². The van der Waals surface area contributed by atoms with Crippen molar-refractivity contribution in [1.29, 1.82) is 0 Å². The molecule has 72 valence electrons. The highest BCUT2D eigenvalue weighted by molar-refractivity contribution is 8.76. The third-order valence-corrected chi connectivity index (χ3v) is 3.53. The largest absolute Gasteiger partial charge is 0.324 e. The number of nitrogens with two attached hydrogens (primary N) is 1. The molecule has 1 fully saturated rings. The number of aromatic nitrogens is 3. The Hall–Kier alpha value is -0.200. The van der Waals surface area contributed by atoms with Crippen molar-refractivity contribution >= 4 is 21.6 Å². The maximum absolute atomic E-state index is 5.59. The highest BCUT2D eigenvalue weighted by Gasteiger charge is 2.28. The first-order valence-electron chi connectivity index (χ1n) is 4.21. The Morgan fingerprint density at radius 3 is 2.85 bits per heavy atom. The van der Waals surface area contributed by atoms with E-state index in [9.17, 15) is 0 Å². The van der Waals surface area contributed by atoms with Gasteiger partial charge in [-0.3, -0.25) is 0 Å². The number of hydrogen-bond acceptors (Lipinski definition) is 5. The van der Waals surface area contributed by atoms with Crippen molar-refractivity contribution in [3.8, 4) is 0 Å². The number of hydrogen-bond donors (Lipinski definition) is 1. The van der Waals surface area contributed by atoms with E-state index in [2.05, 4.69) is 14.8 Å². The van der Waals surface area contributed by atoms with Crippen molar-refractivity contribution in [3.05, 3.63) is 5.82 Å². The maximum Gasteiger partial charge on any atom is 0.202 e. The zero-order valence-corrected chi connectivity index (χ0v) is 9.07. The molecule has 1 heterocycles. The molecule has 0 aromatic carbocycles. The van der Waals surface area contributed by atoms with Crippen LogP contribution in [0.4, 0.5) is 0 Å². The lowest BCUT2D eigenvalue weighted by Gasteiger charge is -2.05. The smallest absolute Gasteiger partial charge is 0.202 e. The lowest BCUT2D eigenvalue weighted by atomic mass is 10.5. The molecule has 1 aliphatic rings. The van der Waals surface area contributed by atoms with Crippen LogP contribution in [0.15, 0.2) is 5.16 Å². The third kappa shape index (κ3) is 1.84. The molecule has 4 nitrogen and oxygen atoms in total. The molecule has 0 bridgehead atoms. The summed E-state index contributed by atoms with van der Waals surface area (Å²) < 4.78 is 2.18. The van der Waals surface area contributed by atoms with Crippen molar-refractivity contribution in [2.24, 2.45) is 5.73 Å². The molecule has 1 aromatic heterocycles. The lowest BCUT2D eigenvalue weighted by Crippen LogP contribution is -2.07. The predicted octanol–water partition coefficient (Wildman–Crippen LogP) is 1.44. The van der Waals surface area contributed by atoms with E-state index < -0.39 is 0 Å². The van der Waals surface area contributed by atoms with Gasteiger partial charge in [0.1, 0.15) is 5.82 Å². The van der Waals surface area contributed by atoms with Crippen molar-refractivity contribution in [1.82, 2.24) is 14.8 Å². The fraction of sp³-hybridized carbons (Fsp3) is 0.714. The van der Waals surface area contributed by atoms with Gasteiger partial charge in [0, 0.05) is 6.04 Å². The fourth-order valence-electron chi connectivity index (χ4n) is 1.28. The van der Waals surface area contributed by atoms with Crippen LogP contribution >= 0.6 is 21.6 Å². The summed E-state index contributed by atoms with van der Waals surface area (Å²) >= 11 is 0. The lowest BCUT2D eigenvalue weighted by molar-refractivity contribution is 0.628. The van der Waals surface area contributed by atoms with E-state index in [4.69, 9.17) is 5.73 Å². The molecule has 1 aromatic rings. The monoisotopic (exact) mass is 216 g/mol. The molecule has 0 amide bonds. The highest BCUT2D eigenvalue weighted by Crippen LogP contribution is 2.40. The van der Waals surface area contributed by atoms with E-state index in [1.54, 1.807) is 21.6 Å². The SMILES string of the molecule is CSSc1nnc(CN)n1C1CC1. The summed E-state index contributed by atoms with van der Waals surface area (Å²) in [6.45, 7) is 0.485. The minimum absolute atomic E-state index is 0.485. The average molecular weight is 216 g/mol. The van der Waals surface area contributed by atoms with Gasteiger partial charge in [-0.2, -0.15) is 0 Å². The first-order chi connectivity index (χ1) is 6.36. The van der Waals surface area contributed by atoms with Crippen LogP contribution in [0, 0.1) is 0 Å². The van der Waals surface area contributed by atoms with Crippen molar-refractivity contribution in [3.63, 3.8) is 0 Å². The summed E-state index contributed by atoms with van der Waals surface area (Å²) in [5, 5.41) is 9.18. The molecule has 2 N–H and O–H groups in total. The Bertz CT molecular complexity index is 295. The van der Waals surface area contributed by atoms with Crippen LogP contribution in [0.2, 0.25) is 0 Å². The van der Waals surface area contributed by atoms with E-state index in [0.717, 1.165) is 11.0 Å². The molecule has 2 rings (SSSR count). The predicted molar refractivity (Wildman–Crippen MR) is 55.6 cm³/mol. The second-order valence-electron chi connectivity index (χ2n) is 2.95. The minimum Gasteiger partial charge on any atom is -0.324 e. The zero-order valence-electron chi connectivity index (χ0n) is 7.43. The molecule has 6 heteroatoms. The highest BCUT2D eigenvalue weighted by atomic mass is 33.1. The number of nitrogens with zero attached hydrogens (tertiary/aromatic N) is 3. The molecule has 0 saturated heterocycles. The molecule has 0 spiro atoms. The Labute approximate surface area is 85.1 Å². The van der Waals surface area contributed by atoms with E-state index in [0.29, 0.717) is 12.6 Å². The van der Waals surface area contributed by atoms with Crippen LogP contribution in [-0.2, 0) is 6.54 Å². The molecule has 13 heavy (non-hydrogen) atoms. The summed E-state index contributed by atoms with van der Waals surface area (Å²) in [5.41, 5.74) is 5.59. The van der Waals surface area contributed by atoms with Crippen LogP contribution in [0.1, 0.15) is 24.7 Å². The first-order valence-corrected chi connectivity index (χ1v) is 6.77. The normalized spacial score (nSPS) is 16.5. The second kappa shape index (κ2) is 3.89. The Balaban J connectivity index is 2.27. The van der Waals surface area contributed by atoms with Gasteiger partial charge in [-0.05, 0) is 29.9 Å². The minimum atomic E-state index is 0.485. The second-order valence-corrected chi connectivity index (χ2v) is 5.32. The molecule has 0 aliphatic heterocycles. The van der Waals surface area contributed by atoms with Crippen LogP contribution in [0.5, 0.6) is 0 Å². The molecular formula is C7H12N4S2. The Kier molecular flexibility index (Phi) is 2.80. The van der Waals surface area contributed by atoms with Gasteiger partial charge in [0.05, 0.1) is 6.54 Å². The van der Waals surface area contributed by atoms with E-state index >= 15 is 0 Å². The van der Waals surface area contributed by atoms with Crippen molar-refractivity contribution in [2.75, 3.05) is 6.26 Å². The van der Waals surface area contributed by atoms with Crippen LogP contribution in [0.3, 0.4) is 0 Å². The van der Waals surface area contributed by atoms with Crippen LogP contribution in [0.25, 0.3) is 0 Å². The van der Waals surface area contributed by atoms with E-state index in [1.165, 1.54) is 12.8 Å². The van der Waals surface area contributed by atoms with Gasteiger partial charge in [-0.25, -0.2) is 0 Å². The van der Waals surface area contributed by atoms with Gasteiger partial charge in [0.2, 0.25) is 5.16 Å². The zero-order chi connectivity index (χ0) is 9.26. The topological polar surface area (TPSA) is 56.7 Å². The summed E-state index contributed by atoms with van der Waals surface area (Å²) in [4.78, 5) is 0. The summed E-state index contributed by atoms with van der Waals surface area (Å²) in [7, 11) is 3.35. The van der Waals surface area contributed by atoms with Crippen molar-refractivity contribution < 1.29 is 0 Å². The number of rotatable bonds is 4. The van der Waals surface area contributed by atoms with Gasteiger partial charge in [0.25, 0.3) is 0 Å². The van der Waals surface area contributed by atoms with E-state index in [1.807, 2.05) is 6.26 Å². The Morgan fingerprint density at radius 2 is 2.31 bits per heavy atom. The molecule has 0 atom stereocenters. The van der Waals surface area contributed by atoms with Gasteiger partial charge in [-0.1, -0.05) is 10.8 Å². The van der Waals surface area contributed by atoms with Gasteiger partial charge in [-0.15, -0.1) is 10.2 Å². The van der Waals surface area contributed by atoms with Crippen LogP contribution < -0.4 is 5.73 Å². The quantitative estimate of drug-likeness (QED) is 0.772. The maximum atomic E-state index is 5.59. The molecule has 1 aliphatic carbocycles. The molecule has 0 unspecified atom stereocenters. The standard InChI is InChI=1S/C7H12N4S2/c1-12-13-7-10-9-6(4-8)11(7)5-2-3-5/h5H,2-4,8H2,1H3. The first kappa shape index (κ1) is 9.36. The molecular weight excluding hydrogens is 204 g/mol. The molecule has 1 saturated carbocycles. The van der Waals surface area contributed by atoms with Crippen LogP contribution in [-0.4, -0.2) is 21.0 Å². The van der Waals surface area contributed by atoms with Gasteiger partial charge in [0.15, 0.2) is 0 Å². The summed E-state index contributed by atoms with van der Waals surface area (Å²) in [5.74, 6) is 0.916.